The number of pyridine rings is 4. The molecule has 1 atom stereocenters. The first-order valence-electron chi connectivity index (χ1n) is 44.9. The van der Waals surface area contributed by atoms with E-state index in [1.165, 1.54) is 78.5 Å². The number of furan rings is 4. The van der Waals surface area contributed by atoms with Gasteiger partial charge < -0.3 is 17.7 Å². The van der Waals surface area contributed by atoms with Gasteiger partial charge in [-0.2, -0.15) is 0 Å². The fraction of sp³-hybridized carbons (Fsp3) is 0.229. The van der Waals surface area contributed by atoms with Crippen LogP contribution in [0.4, 0.5) is 0 Å². The van der Waals surface area contributed by atoms with E-state index in [4.69, 9.17) is 27.3 Å². The molecule has 117 heavy (non-hydrogen) atoms. The molecule has 0 radical (unpaired) electrons. The van der Waals surface area contributed by atoms with Gasteiger partial charge in [0.2, 0.25) is 22.8 Å². The first kappa shape index (κ1) is 66.7. The van der Waals surface area contributed by atoms with Crippen molar-refractivity contribution >= 4 is 131 Å². The zero-order chi connectivity index (χ0) is 86.2. The van der Waals surface area contributed by atoms with Crippen molar-refractivity contribution in [3.63, 3.8) is 0 Å². The third-order valence-electron chi connectivity index (χ3n) is 25.2. The second-order valence-electron chi connectivity index (χ2n) is 32.6. The van der Waals surface area contributed by atoms with Gasteiger partial charge in [0.15, 0.2) is 24.8 Å². The molecule has 578 valence electrons. The second-order valence-corrected chi connectivity index (χ2v) is 32.6. The molecule has 2 aliphatic rings. The van der Waals surface area contributed by atoms with E-state index >= 15 is 0 Å². The van der Waals surface area contributed by atoms with Gasteiger partial charge in [-0.25, -0.2) is 18.3 Å². The maximum atomic E-state index is 9.06. The van der Waals surface area contributed by atoms with Gasteiger partial charge in [-0.1, -0.05) is 230 Å². The minimum absolute atomic E-state index is 0.441. The summed E-state index contributed by atoms with van der Waals surface area (Å²) in [6.07, 6.45) is 17.8. The largest absolute Gasteiger partial charge is 0.455 e. The Balaban J connectivity index is 0.000000108. The zero-order valence-electron chi connectivity index (χ0n) is 75.7. The van der Waals surface area contributed by atoms with Crippen molar-refractivity contribution in [3.05, 3.63) is 312 Å². The third kappa shape index (κ3) is 13.0. The lowest BCUT2D eigenvalue weighted by Gasteiger charge is -2.21. The minimum atomic E-state index is -2.42. The molecule has 0 N–H and O–H groups in total. The molecule has 0 amide bonds. The van der Waals surface area contributed by atoms with Crippen LogP contribution in [0.3, 0.4) is 0 Å². The number of rotatable bonds is 8. The van der Waals surface area contributed by atoms with Crippen molar-refractivity contribution in [3.8, 4) is 45.0 Å². The Morgan fingerprint density at radius 1 is 0.291 bits per heavy atom. The van der Waals surface area contributed by atoms with Crippen molar-refractivity contribution in [2.24, 2.45) is 28.2 Å². The monoisotopic (exact) mass is 1540 g/mol. The van der Waals surface area contributed by atoms with Crippen molar-refractivity contribution in [2.45, 2.75) is 137 Å². The molecule has 0 bridgehead atoms. The van der Waals surface area contributed by atoms with Crippen LogP contribution in [0.2, 0.25) is 0 Å². The van der Waals surface area contributed by atoms with Crippen molar-refractivity contribution in [1.82, 2.24) is 0 Å². The lowest BCUT2D eigenvalue weighted by Crippen LogP contribution is -2.32. The Kier molecular flexibility index (Phi) is 17.4. The number of benzene rings is 12. The molecule has 8 aromatic heterocycles. The van der Waals surface area contributed by atoms with E-state index in [0.717, 1.165) is 201 Å². The molecule has 2 fully saturated rings. The van der Waals surface area contributed by atoms with Gasteiger partial charge in [0.25, 0.3) is 0 Å². The van der Waals surface area contributed by atoms with Crippen molar-refractivity contribution in [2.75, 3.05) is 0 Å². The summed E-state index contributed by atoms with van der Waals surface area (Å²) in [4.78, 5) is 0. The molecule has 12 aromatic carbocycles. The molecule has 2 aliphatic carbocycles. The summed E-state index contributed by atoms with van der Waals surface area (Å²) in [5.74, 6) is -3.23. The molecule has 8 nitrogen and oxygen atoms in total. The van der Waals surface area contributed by atoms with E-state index in [2.05, 4.69) is 250 Å². The van der Waals surface area contributed by atoms with Gasteiger partial charge in [0.1, 0.15) is 72.9 Å². The molecule has 2 saturated carbocycles. The Morgan fingerprint density at radius 3 is 0.795 bits per heavy atom. The van der Waals surface area contributed by atoms with Crippen LogP contribution in [0.5, 0.6) is 0 Å². The van der Waals surface area contributed by atoms with Crippen molar-refractivity contribution < 1.29 is 45.5 Å². The summed E-state index contributed by atoms with van der Waals surface area (Å²) in [7, 11) is 8.14. The highest BCUT2D eigenvalue weighted by atomic mass is 16.3. The van der Waals surface area contributed by atoms with Crippen LogP contribution in [0.1, 0.15) is 163 Å². The SMILES string of the molecule is [2H]C(C)(C)c1ccc(-c2c(C)c3ccccc3c3c2oc2ccccc23)[n+](C)c1.[2H]C([2H])([2H])C([2H])(C)c1ccc(-c2c(C)c3ccccc3c3c2oc2ccccc23)[n+](C)c1.[2H]C1(c2ccc(-c3c(C)c4ccccc4c4c3oc3ccccc34)[n+](C)c2)CCCC1.[2H]C1(c2ccc(-c3c(C)c4ccccc4c4c3oc3ccccc34)[n+](C)c2)CCCCC1. The van der Waals surface area contributed by atoms with Gasteiger partial charge in [0.05, 0.1) is 22.3 Å². The van der Waals surface area contributed by atoms with Crippen LogP contribution in [0.15, 0.2) is 285 Å². The summed E-state index contributed by atoms with van der Waals surface area (Å²) < 4.78 is 92.3. The highest BCUT2D eigenvalue weighted by molar-refractivity contribution is 6.27. The maximum absolute atomic E-state index is 9.06. The minimum Gasteiger partial charge on any atom is -0.455 e. The highest BCUT2D eigenvalue weighted by Crippen LogP contribution is 2.49. The third-order valence-corrected chi connectivity index (χ3v) is 25.2. The lowest BCUT2D eigenvalue weighted by molar-refractivity contribution is -0.661. The number of nitrogens with zero attached hydrogens (tertiary/aromatic N) is 4. The number of hydrogen-bond acceptors (Lipinski definition) is 4. The standard InChI is InChI=1S/C29H28NO.C28H26NO.2C26H24NO/c1-19-22-12-6-7-13-23(22)28-24-14-8-9-15-26(24)31-29(28)27(19)25-17-16-21(18-30(25)2)20-10-4-3-5-11-20;1-18-21-11-5-6-12-22(21)27-23-13-7-8-14-25(23)30-28(27)26(18)24-16-15-20(17-29(24)2)19-9-3-4-10-19;2*1-16(2)18-13-14-22(27(4)15-18)24-17(3)19-9-5-6-10-20(19)25-21-11-7-8-12-23(21)28-26(24)25/h6-9,12-18,20H,3-5,10-11H2,1-2H3;5-8,11-17,19H,3-4,9-10H2,1-2H3;2*5-16H,1-4H3/q4*+1/i20D;19D;1D3,16D;16D. The predicted octanol–water partition coefficient (Wildman–Crippen LogP) is 28.1. The normalized spacial score (nSPS) is 15.7. The smallest absolute Gasteiger partial charge is 0.216 e. The summed E-state index contributed by atoms with van der Waals surface area (Å²) >= 11 is 0. The fourth-order valence-corrected chi connectivity index (χ4v) is 19.3. The van der Waals surface area contributed by atoms with Crippen LogP contribution in [0.25, 0.3) is 176 Å². The van der Waals surface area contributed by atoms with Gasteiger partial charge in [-0.3, -0.25) is 0 Å². The van der Waals surface area contributed by atoms with Crippen LogP contribution < -0.4 is 18.3 Å². The van der Waals surface area contributed by atoms with Gasteiger partial charge in [-0.05, 0) is 191 Å². The molecule has 20 aromatic rings. The Bertz CT molecular complexity index is 7700. The summed E-state index contributed by atoms with van der Waals surface area (Å²) in [5.41, 5.74) is 24.3. The molecule has 8 heterocycles. The number of aromatic nitrogens is 4. The number of fused-ring (bicyclic) bond motifs is 20. The Morgan fingerprint density at radius 2 is 0.530 bits per heavy atom. The quantitative estimate of drug-likeness (QED) is 0.142. The van der Waals surface area contributed by atoms with Crippen LogP contribution in [-0.2, 0) is 28.2 Å². The van der Waals surface area contributed by atoms with Crippen LogP contribution >= 0.6 is 0 Å². The van der Waals surface area contributed by atoms with Crippen LogP contribution in [-0.4, -0.2) is 0 Å². The number of hydrogen-bond donors (Lipinski definition) is 0. The van der Waals surface area contributed by atoms with E-state index in [9.17, 15) is 0 Å². The first-order valence-corrected chi connectivity index (χ1v) is 41.4. The van der Waals surface area contributed by atoms with Gasteiger partial charge in [0, 0.05) is 99.2 Å². The van der Waals surface area contributed by atoms with E-state index in [-0.39, 0.29) is 0 Å². The van der Waals surface area contributed by atoms with Crippen LogP contribution in [0, 0.1) is 27.7 Å². The lowest BCUT2D eigenvalue weighted by atomic mass is 9.84. The topological polar surface area (TPSA) is 68.1 Å². The highest BCUT2D eigenvalue weighted by Gasteiger charge is 2.31. The average Bonchev–Trinajstić information content (AvgIpc) is 1.54. The summed E-state index contributed by atoms with van der Waals surface area (Å²) in [5, 5.41) is 18.9. The first-order chi connectivity index (χ1) is 59.6. The summed E-state index contributed by atoms with van der Waals surface area (Å²) in [6, 6.07) is 83.7. The maximum Gasteiger partial charge on any atom is 0.216 e. The molecule has 8 heteroatoms. The molecule has 0 spiro atoms. The number of aryl methyl sites for hydroxylation is 8. The predicted molar refractivity (Wildman–Crippen MR) is 486 cm³/mol. The van der Waals surface area contributed by atoms with Gasteiger partial charge in [-0.15, -0.1) is 0 Å². The zero-order valence-corrected chi connectivity index (χ0v) is 68.7. The molecular weight excluding hydrogens is 1430 g/mol. The van der Waals surface area contributed by atoms with E-state index in [1.807, 2.05) is 93.2 Å². The van der Waals surface area contributed by atoms with Crippen molar-refractivity contribution in [1.29, 1.82) is 0 Å². The molecule has 1 unspecified atom stereocenters. The molecule has 0 aliphatic heterocycles. The molecule has 22 rings (SSSR count). The Hall–Kier alpha value is -12.5. The van der Waals surface area contributed by atoms with E-state index in [0.29, 0.717) is 5.56 Å². The van der Waals surface area contributed by atoms with E-state index < -0.39 is 30.4 Å². The van der Waals surface area contributed by atoms with Gasteiger partial charge >= 0.3 is 0 Å². The Labute approximate surface area is 694 Å². The average molecular weight is 1540 g/mol. The fourth-order valence-electron chi connectivity index (χ4n) is 19.3. The summed E-state index contributed by atoms with van der Waals surface area (Å²) in [6.45, 7) is 11.5. The van der Waals surface area contributed by atoms with E-state index in [1.54, 1.807) is 12.3 Å². The second kappa shape index (κ2) is 30.6. The number of para-hydroxylation sites is 4. The molecular formula is C109H102N4O4+4. The molecule has 0 saturated heterocycles.